The second-order valence-corrected chi connectivity index (χ2v) is 12.3. The Hall–Kier alpha value is -1.48. The summed E-state index contributed by atoms with van der Waals surface area (Å²) in [5.41, 5.74) is 2.18. The van der Waals surface area contributed by atoms with Gasteiger partial charge in [0.05, 0.1) is 0 Å². The van der Waals surface area contributed by atoms with Gasteiger partial charge in [-0.1, -0.05) is 94.9 Å². The summed E-state index contributed by atoms with van der Waals surface area (Å²) in [6.07, 6.45) is 19.8. The fraction of sp³-hybridized carbons (Fsp3) is 0.636. The minimum atomic E-state index is -0.770. The highest BCUT2D eigenvalue weighted by molar-refractivity contribution is 6.30. The van der Waals surface area contributed by atoms with Crippen LogP contribution >= 0.6 is 11.6 Å². The Kier molecular flexibility index (Phi) is 10.8. The fourth-order valence-corrected chi connectivity index (χ4v) is 6.91. The fourth-order valence-electron chi connectivity index (χ4n) is 6.80. The number of hydrogen-bond donors (Lipinski definition) is 0. The molecule has 0 radical (unpaired) electrons. The zero-order chi connectivity index (χ0) is 26.2. The van der Waals surface area contributed by atoms with Crippen molar-refractivity contribution in [2.45, 2.75) is 116 Å². The van der Waals surface area contributed by atoms with Crippen LogP contribution in [-0.2, 0) is 12.8 Å². The third-order valence-corrected chi connectivity index (χ3v) is 9.65. The third-order valence-electron chi connectivity index (χ3n) is 9.29. The highest BCUT2D eigenvalue weighted by Gasteiger charge is 2.25. The maximum absolute atomic E-state index is 14.9. The number of rotatable bonds is 11. The number of halogens is 4. The van der Waals surface area contributed by atoms with E-state index in [9.17, 15) is 13.2 Å². The molecule has 2 aliphatic rings. The second-order valence-electron chi connectivity index (χ2n) is 11.9. The molecule has 0 atom stereocenters. The molecule has 4 heteroatoms. The Morgan fingerprint density at radius 2 is 1.24 bits per heavy atom. The summed E-state index contributed by atoms with van der Waals surface area (Å²) >= 11 is 5.56. The Labute approximate surface area is 227 Å². The van der Waals surface area contributed by atoms with E-state index in [4.69, 9.17) is 11.6 Å². The van der Waals surface area contributed by atoms with Gasteiger partial charge in [-0.2, -0.15) is 0 Å². The second kappa shape index (κ2) is 14.1. The molecule has 0 amide bonds. The predicted octanol–water partition coefficient (Wildman–Crippen LogP) is 11.0. The Balaban J connectivity index is 1.18. The summed E-state index contributed by atoms with van der Waals surface area (Å²) in [5, 5.41) is -0.491. The van der Waals surface area contributed by atoms with Crippen molar-refractivity contribution in [3.8, 4) is 0 Å². The van der Waals surface area contributed by atoms with Crippen molar-refractivity contribution in [2.75, 3.05) is 0 Å². The molecule has 0 aliphatic heterocycles. The van der Waals surface area contributed by atoms with E-state index < -0.39 is 16.7 Å². The van der Waals surface area contributed by atoms with Crippen molar-refractivity contribution < 1.29 is 13.2 Å². The first kappa shape index (κ1) is 28.5. The molecule has 0 bridgehead atoms. The van der Waals surface area contributed by atoms with Crippen LogP contribution in [0.4, 0.5) is 13.2 Å². The Morgan fingerprint density at radius 3 is 1.81 bits per heavy atom. The number of hydrogen-bond acceptors (Lipinski definition) is 0. The standard InChI is InChI=1S/C33H44ClF3/c1-2-3-4-5-23-6-8-24(9-7-23)10-11-25-12-15-27(16-13-25)29-19-18-28(30(35)22-29)17-14-26-20-31(36)33(34)32(37)21-26/h18-25,27H,2-17H2,1H3/t23-,24-,25?,27?. The van der Waals surface area contributed by atoms with E-state index in [1.54, 1.807) is 6.07 Å². The summed E-state index contributed by atoms with van der Waals surface area (Å²) in [6, 6.07) is 8.08. The van der Waals surface area contributed by atoms with Crippen molar-refractivity contribution >= 4 is 11.6 Å². The third kappa shape index (κ3) is 8.25. The molecular formula is C33H44ClF3. The van der Waals surface area contributed by atoms with Crippen LogP contribution in [0.2, 0.25) is 5.02 Å². The maximum atomic E-state index is 14.9. The lowest BCUT2D eigenvalue weighted by Gasteiger charge is -2.32. The average Bonchev–Trinajstić information content (AvgIpc) is 2.91. The SMILES string of the molecule is CCCCC[C@H]1CC[C@H](CCC2CCC(c3ccc(CCc4cc(F)c(Cl)c(F)c4)c(F)c3)CC2)CC1. The zero-order valence-electron chi connectivity index (χ0n) is 22.5. The average molecular weight is 533 g/mol. The van der Waals surface area contributed by atoms with Crippen molar-refractivity contribution in [3.63, 3.8) is 0 Å². The van der Waals surface area contributed by atoms with E-state index in [0.717, 1.165) is 36.2 Å². The molecule has 2 aromatic rings. The number of benzene rings is 2. The number of aryl methyl sites for hydroxylation is 2. The van der Waals surface area contributed by atoms with Gasteiger partial charge in [-0.3, -0.25) is 0 Å². The molecule has 2 aromatic carbocycles. The molecule has 2 fully saturated rings. The van der Waals surface area contributed by atoms with Gasteiger partial charge in [0.25, 0.3) is 0 Å². The summed E-state index contributed by atoms with van der Waals surface area (Å²) < 4.78 is 42.3. The topological polar surface area (TPSA) is 0 Å². The molecule has 0 spiro atoms. The highest BCUT2D eigenvalue weighted by Crippen LogP contribution is 2.40. The molecule has 0 unspecified atom stereocenters. The van der Waals surface area contributed by atoms with Crippen LogP contribution in [0.5, 0.6) is 0 Å². The van der Waals surface area contributed by atoms with E-state index >= 15 is 0 Å². The highest BCUT2D eigenvalue weighted by atomic mass is 35.5. The largest absolute Gasteiger partial charge is 0.207 e. The first-order valence-corrected chi connectivity index (χ1v) is 15.2. The van der Waals surface area contributed by atoms with Gasteiger partial charge >= 0.3 is 0 Å². The molecule has 4 rings (SSSR count). The minimum Gasteiger partial charge on any atom is -0.207 e. The van der Waals surface area contributed by atoms with Crippen LogP contribution in [0.1, 0.15) is 119 Å². The molecule has 0 saturated heterocycles. The molecule has 37 heavy (non-hydrogen) atoms. The van der Waals surface area contributed by atoms with E-state index in [0.29, 0.717) is 29.9 Å². The minimum absolute atomic E-state index is 0.208. The summed E-state index contributed by atoms with van der Waals surface area (Å²) in [6.45, 7) is 2.29. The normalized spacial score (nSPS) is 24.4. The molecule has 204 valence electrons. The molecular weight excluding hydrogens is 489 g/mol. The van der Waals surface area contributed by atoms with Crippen LogP contribution in [0.15, 0.2) is 30.3 Å². The first-order valence-electron chi connectivity index (χ1n) is 14.8. The quantitative estimate of drug-likeness (QED) is 0.199. The molecule has 2 aliphatic carbocycles. The number of unbranched alkanes of at least 4 members (excludes halogenated alkanes) is 2. The van der Waals surface area contributed by atoms with E-state index in [2.05, 4.69) is 13.0 Å². The summed E-state index contributed by atoms with van der Waals surface area (Å²) in [5.74, 6) is 1.47. The lowest BCUT2D eigenvalue weighted by atomic mass is 9.74. The maximum Gasteiger partial charge on any atom is 0.145 e. The van der Waals surface area contributed by atoms with Gasteiger partial charge in [0.1, 0.15) is 22.5 Å². The van der Waals surface area contributed by atoms with E-state index in [1.165, 1.54) is 89.2 Å². The van der Waals surface area contributed by atoms with Crippen molar-refractivity contribution in [1.29, 1.82) is 0 Å². The predicted molar refractivity (Wildman–Crippen MR) is 149 cm³/mol. The molecule has 0 N–H and O–H groups in total. The van der Waals surface area contributed by atoms with Crippen LogP contribution in [0, 0.1) is 35.2 Å². The Bertz CT molecular complexity index is 964. The molecule has 0 aromatic heterocycles. The zero-order valence-corrected chi connectivity index (χ0v) is 23.3. The molecule has 2 saturated carbocycles. The van der Waals surface area contributed by atoms with Gasteiger partial charge in [-0.05, 0) is 97.1 Å². The van der Waals surface area contributed by atoms with Gasteiger partial charge in [-0.15, -0.1) is 0 Å². The van der Waals surface area contributed by atoms with Crippen LogP contribution < -0.4 is 0 Å². The lowest BCUT2D eigenvalue weighted by Crippen LogP contribution is -2.18. The van der Waals surface area contributed by atoms with Crippen molar-refractivity contribution in [3.05, 3.63) is 69.5 Å². The summed E-state index contributed by atoms with van der Waals surface area (Å²) in [7, 11) is 0. The van der Waals surface area contributed by atoms with Gasteiger partial charge in [-0.25, -0.2) is 13.2 Å². The monoisotopic (exact) mass is 532 g/mol. The van der Waals surface area contributed by atoms with E-state index in [-0.39, 0.29) is 5.82 Å². The van der Waals surface area contributed by atoms with Crippen LogP contribution in [0.25, 0.3) is 0 Å². The molecule has 0 heterocycles. The van der Waals surface area contributed by atoms with Gasteiger partial charge < -0.3 is 0 Å². The van der Waals surface area contributed by atoms with Gasteiger partial charge in [0.2, 0.25) is 0 Å². The smallest absolute Gasteiger partial charge is 0.145 e. The van der Waals surface area contributed by atoms with Crippen molar-refractivity contribution in [2.24, 2.45) is 17.8 Å². The van der Waals surface area contributed by atoms with Crippen LogP contribution in [0.3, 0.4) is 0 Å². The lowest BCUT2D eigenvalue weighted by molar-refractivity contribution is 0.222. The van der Waals surface area contributed by atoms with Gasteiger partial charge in [0.15, 0.2) is 0 Å². The molecule has 0 nitrogen and oxygen atoms in total. The first-order chi connectivity index (χ1) is 17.9. The van der Waals surface area contributed by atoms with Crippen LogP contribution in [-0.4, -0.2) is 0 Å². The van der Waals surface area contributed by atoms with E-state index in [1.807, 2.05) is 6.07 Å². The van der Waals surface area contributed by atoms with Crippen molar-refractivity contribution in [1.82, 2.24) is 0 Å². The van der Waals surface area contributed by atoms with Gasteiger partial charge in [0, 0.05) is 0 Å². The summed E-state index contributed by atoms with van der Waals surface area (Å²) in [4.78, 5) is 0. The Morgan fingerprint density at radius 1 is 0.676 bits per heavy atom.